The van der Waals surface area contributed by atoms with E-state index in [-0.39, 0.29) is 24.8 Å². The molecule has 1 amide bonds. The number of thioether (sulfide) groups is 1. The Morgan fingerprint density at radius 1 is 1.31 bits per heavy atom. The molecule has 1 aromatic carbocycles. The first kappa shape index (κ1) is 23.8. The molecule has 0 radical (unpaired) electrons. The largest absolute Gasteiger partial charge is 0.481 e. The van der Waals surface area contributed by atoms with Crippen molar-refractivity contribution >= 4 is 35.2 Å². The number of carbonyl (C=O) groups excluding carboxylic acids is 1. The van der Waals surface area contributed by atoms with E-state index in [2.05, 4.69) is 46.8 Å². The zero-order valence-corrected chi connectivity index (χ0v) is 19.6. The van der Waals surface area contributed by atoms with Crippen LogP contribution in [0.15, 0.2) is 34.9 Å². The van der Waals surface area contributed by atoms with Gasteiger partial charge in [0.15, 0.2) is 0 Å². The Bertz CT molecular complexity index is 790. The van der Waals surface area contributed by atoms with Crippen LogP contribution in [0.4, 0.5) is 0 Å². The fraction of sp³-hybridized carbons (Fsp3) is 0.565. The third-order valence-electron chi connectivity index (χ3n) is 5.47. The lowest BCUT2D eigenvalue weighted by atomic mass is 9.68. The van der Waals surface area contributed by atoms with Crippen LogP contribution in [0.25, 0.3) is 0 Å². The minimum Gasteiger partial charge on any atom is -0.481 e. The second kappa shape index (κ2) is 10.0. The highest BCUT2D eigenvalue weighted by Crippen LogP contribution is 2.44. The molecule has 1 aromatic rings. The maximum absolute atomic E-state index is 12.8. The number of allylic oxidation sites excluding steroid dienone is 1. The van der Waals surface area contributed by atoms with Gasteiger partial charge < -0.3 is 10.0 Å². The van der Waals surface area contributed by atoms with Gasteiger partial charge in [0.2, 0.25) is 5.91 Å². The third-order valence-corrected chi connectivity index (χ3v) is 7.00. The van der Waals surface area contributed by atoms with E-state index in [0.29, 0.717) is 12.3 Å². The topological polar surface area (TPSA) is 57.6 Å². The number of rotatable bonds is 9. The Morgan fingerprint density at radius 3 is 2.55 bits per heavy atom. The van der Waals surface area contributed by atoms with Crippen molar-refractivity contribution in [3.05, 3.63) is 40.6 Å². The molecule has 4 nitrogen and oxygen atoms in total. The molecule has 0 bridgehead atoms. The van der Waals surface area contributed by atoms with E-state index in [1.807, 2.05) is 12.3 Å². The molecule has 0 aliphatic carbocycles. The second-order valence-corrected chi connectivity index (χ2v) is 10.2. The predicted molar refractivity (Wildman–Crippen MR) is 120 cm³/mol. The number of aliphatic carboxylic acids is 1. The van der Waals surface area contributed by atoms with Crippen LogP contribution in [-0.4, -0.2) is 34.2 Å². The summed E-state index contributed by atoms with van der Waals surface area (Å²) in [6, 6.07) is 6.14. The molecule has 1 atom stereocenters. The average molecular weight is 438 g/mol. The van der Waals surface area contributed by atoms with Gasteiger partial charge in [0.25, 0.3) is 0 Å². The van der Waals surface area contributed by atoms with Crippen molar-refractivity contribution in [2.75, 3.05) is 12.3 Å². The predicted octanol–water partition coefficient (Wildman–Crippen LogP) is 5.98. The first-order chi connectivity index (χ1) is 13.5. The SMILES string of the molecule is CC(C)CCSc1ccc([C@]2(C)CC(=O)N(CCC(=O)O)C=C2C(C)C)cc1Cl. The maximum Gasteiger partial charge on any atom is 0.305 e. The smallest absolute Gasteiger partial charge is 0.305 e. The van der Waals surface area contributed by atoms with Crippen molar-refractivity contribution in [1.82, 2.24) is 4.90 Å². The number of amides is 1. The standard InChI is InChI=1S/C23H32ClNO3S/c1-15(2)9-11-29-20-7-6-17(12-19(20)24)23(5)13-21(26)25(10-8-22(27)28)14-18(23)16(3)4/h6-7,12,14-16H,8-11,13H2,1-5H3,(H,27,28)/t23-/m0/s1. The van der Waals surface area contributed by atoms with Crippen molar-refractivity contribution in [3.63, 3.8) is 0 Å². The Kier molecular flexibility index (Phi) is 8.24. The van der Waals surface area contributed by atoms with E-state index in [1.54, 1.807) is 16.7 Å². The first-order valence-electron chi connectivity index (χ1n) is 10.2. The third kappa shape index (κ3) is 6.02. The fourth-order valence-electron chi connectivity index (χ4n) is 3.71. The highest BCUT2D eigenvalue weighted by Gasteiger charge is 2.40. The normalized spacial score (nSPS) is 19.8. The van der Waals surface area contributed by atoms with Gasteiger partial charge in [-0.15, -0.1) is 11.8 Å². The molecular formula is C23H32ClNO3S. The van der Waals surface area contributed by atoms with E-state index < -0.39 is 11.4 Å². The highest BCUT2D eigenvalue weighted by atomic mass is 35.5. The van der Waals surface area contributed by atoms with Crippen molar-refractivity contribution in [2.24, 2.45) is 11.8 Å². The molecule has 2 rings (SSSR count). The summed E-state index contributed by atoms with van der Waals surface area (Å²) >= 11 is 8.37. The second-order valence-electron chi connectivity index (χ2n) is 8.66. The zero-order valence-electron chi connectivity index (χ0n) is 18.0. The number of hydrogen-bond donors (Lipinski definition) is 1. The molecule has 0 unspecified atom stereocenters. The summed E-state index contributed by atoms with van der Waals surface area (Å²) in [5, 5.41) is 9.68. The number of carboxylic acid groups (broad SMARTS) is 1. The zero-order chi connectivity index (χ0) is 21.8. The van der Waals surface area contributed by atoms with Gasteiger partial charge in [0.1, 0.15) is 0 Å². The summed E-state index contributed by atoms with van der Waals surface area (Å²) < 4.78 is 0. The lowest BCUT2D eigenvalue weighted by Crippen LogP contribution is -2.42. The number of hydrogen-bond acceptors (Lipinski definition) is 3. The van der Waals surface area contributed by atoms with Gasteiger partial charge in [-0.05, 0) is 47.3 Å². The first-order valence-corrected chi connectivity index (χ1v) is 11.6. The van der Waals surface area contributed by atoms with Gasteiger partial charge in [-0.3, -0.25) is 9.59 Å². The van der Waals surface area contributed by atoms with Crippen LogP contribution >= 0.6 is 23.4 Å². The van der Waals surface area contributed by atoms with Crippen molar-refractivity contribution in [3.8, 4) is 0 Å². The molecule has 0 fully saturated rings. The van der Waals surface area contributed by atoms with Crippen LogP contribution in [0.1, 0.15) is 59.4 Å². The summed E-state index contributed by atoms with van der Waals surface area (Å²) in [7, 11) is 0. The van der Waals surface area contributed by atoms with Gasteiger partial charge in [-0.1, -0.05) is 52.3 Å². The minimum atomic E-state index is -0.900. The highest BCUT2D eigenvalue weighted by molar-refractivity contribution is 7.99. The van der Waals surface area contributed by atoms with Gasteiger partial charge in [0.05, 0.1) is 11.4 Å². The average Bonchev–Trinajstić information content (AvgIpc) is 2.61. The summed E-state index contributed by atoms with van der Waals surface area (Å²) in [6.07, 6.45) is 3.26. The molecule has 0 aromatic heterocycles. The molecule has 1 aliphatic rings. The van der Waals surface area contributed by atoms with Gasteiger partial charge >= 0.3 is 5.97 Å². The Labute approximate surface area is 183 Å². The van der Waals surface area contributed by atoms with Crippen molar-refractivity contribution in [1.29, 1.82) is 0 Å². The molecule has 0 saturated heterocycles. The lowest BCUT2D eigenvalue weighted by molar-refractivity contribution is -0.138. The minimum absolute atomic E-state index is 0.0512. The molecule has 1 N–H and O–H groups in total. The van der Waals surface area contributed by atoms with Crippen LogP contribution in [0, 0.1) is 11.8 Å². The number of carboxylic acids is 1. The molecule has 0 spiro atoms. The number of nitrogens with zero attached hydrogens (tertiary/aromatic N) is 1. The quantitative estimate of drug-likeness (QED) is 0.482. The molecular weight excluding hydrogens is 406 g/mol. The molecule has 160 valence electrons. The number of benzene rings is 1. The Balaban J connectivity index is 2.31. The van der Waals surface area contributed by atoms with Gasteiger partial charge in [-0.2, -0.15) is 0 Å². The summed E-state index contributed by atoms with van der Waals surface area (Å²) in [5.74, 6) is 0.963. The maximum atomic E-state index is 12.8. The molecule has 0 saturated carbocycles. The Morgan fingerprint density at radius 2 is 2.00 bits per heavy atom. The van der Waals surface area contributed by atoms with E-state index >= 15 is 0 Å². The fourth-order valence-corrected chi connectivity index (χ4v) is 5.23. The van der Waals surface area contributed by atoms with Crippen LogP contribution in [0.3, 0.4) is 0 Å². The molecule has 1 aliphatic heterocycles. The van der Waals surface area contributed by atoms with Crippen molar-refractivity contribution < 1.29 is 14.7 Å². The van der Waals surface area contributed by atoms with Crippen LogP contribution in [-0.2, 0) is 15.0 Å². The Hall–Kier alpha value is -1.46. The van der Waals surface area contributed by atoms with E-state index in [0.717, 1.165) is 33.2 Å². The molecule has 29 heavy (non-hydrogen) atoms. The van der Waals surface area contributed by atoms with E-state index in [4.69, 9.17) is 16.7 Å². The number of carbonyl (C=O) groups is 2. The van der Waals surface area contributed by atoms with E-state index in [1.165, 1.54) is 0 Å². The van der Waals surface area contributed by atoms with Gasteiger partial charge in [-0.25, -0.2) is 0 Å². The number of halogens is 1. The molecule has 1 heterocycles. The van der Waals surface area contributed by atoms with Crippen LogP contribution in [0.5, 0.6) is 0 Å². The van der Waals surface area contributed by atoms with Crippen molar-refractivity contribution in [2.45, 2.75) is 64.2 Å². The van der Waals surface area contributed by atoms with Crippen LogP contribution < -0.4 is 0 Å². The van der Waals surface area contributed by atoms with Crippen LogP contribution in [0.2, 0.25) is 5.02 Å². The monoisotopic (exact) mass is 437 g/mol. The lowest BCUT2D eigenvalue weighted by Gasteiger charge is -2.41. The van der Waals surface area contributed by atoms with E-state index in [9.17, 15) is 9.59 Å². The summed E-state index contributed by atoms with van der Waals surface area (Å²) in [4.78, 5) is 26.3. The summed E-state index contributed by atoms with van der Waals surface area (Å²) in [5.41, 5.74) is 1.70. The van der Waals surface area contributed by atoms with Gasteiger partial charge in [0, 0.05) is 29.5 Å². The molecule has 6 heteroatoms. The summed E-state index contributed by atoms with van der Waals surface area (Å²) in [6.45, 7) is 10.9.